The summed E-state index contributed by atoms with van der Waals surface area (Å²) < 4.78 is 0. The second kappa shape index (κ2) is 8.37. The lowest BCUT2D eigenvalue weighted by atomic mass is 9.99. The van der Waals surface area contributed by atoms with Crippen molar-refractivity contribution in [1.29, 1.82) is 0 Å². The average molecular weight is 430 g/mol. The molecule has 3 aromatic rings. The van der Waals surface area contributed by atoms with Crippen LogP contribution in [0, 0.1) is 0 Å². The Labute approximate surface area is 182 Å². The number of nitrogens with one attached hydrogen (secondary N) is 1. The van der Waals surface area contributed by atoms with E-state index in [4.69, 9.17) is 5.53 Å². The smallest absolute Gasteiger partial charge is 0.261 e. The van der Waals surface area contributed by atoms with E-state index in [1.54, 1.807) is 18.3 Å². The zero-order chi connectivity index (χ0) is 22.8. The zero-order valence-corrected chi connectivity index (χ0v) is 17.1. The first kappa shape index (κ1) is 20.8. The van der Waals surface area contributed by atoms with Gasteiger partial charge in [-0.2, -0.15) is 0 Å². The lowest BCUT2D eigenvalue weighted by Gasteiger charge is -2.38. The van der Waals surface area contributed by atoms with Gasteiger partial charge in [0, 0.05) is 40.9 Å². The number of amides is 4. The Morgan fingerprint density at radius 2 is 1.88 bits per heavy atom. The van der Waals surface area contributed by atoms with Crippen molar-refractivity contribution in [1.82, 2.24) is 14.8 Å². The van der Waals surface area contributed by atoms with Crippen LogP contribution in [-0.2, 0) is 20.8 Å². The molecule has 1 saturated heterocycles. The number of H-pyrrole nitrogens is 1. The fourth-order valence-electron chi connectivity index (χ4n) is 3.88. The molecule has 1 aliphatic heterocycles. The fourth-order valence-corrected chi connectivity index (χ4v) is 3.88. The van der Waals surface area contributed by atoms with Gasteiger partial charge in [0.1, 0.15) is 12.6 Å². The molecule has 2 heterocycles. The van der Waals surface area contributed by atoms with Crippen LogP contribution >= 0.6 is 0 Å². The highest BCUT2D eigenvalue weighted by Crippen LogP contribution is 2.27. The molecule has 1 atom stereocenters. The highest BCUT2D eigenvalue weighted by molar-refractivity contribution is 6.15. The topological polar surface area (TPSA) is 139 Å². The van der Waals surface area contributed by atoms with Gasteiger partial charge in [-0.25, -0.2) is 0 Å². The minimum absolute atomic E-state index is 0.00773. The van der Waals surface area contributed by atoms with Crippen LogP contribution in [0.1, 0.15) is 22.8 Å². The van der Waals surface area contributed by atoms with Gasteiger partial charge in [-0.05, 0) is 23.2 Å². The predicted octanol–water partition coefficient (Wildman–Crippen LogP) is 3.08. The number of aromatic nitrogens is 1. The lowest BCUT2D eigenvalue weighted by molar-refractivity contribution is -0.159. The first-order valence-corrected chi connectivity index (χ1v) is 9.80. The van der Waals surface area contributed by atoms with Crippen molar-refractivity contribution in [2.24, 2.45) is 5.11 Å². The van der Waals surface area contributed by atoms with Crippen LogP contribution in [0.3, 0.4) is 0 Å². The highest BCUT2D eigenvalue weighted by Gasteiger charge is 2.44. The van der Waals surface area contributed by atoms with E-state index in [1.807, 2.05) is 24.3 Å². The van der Waals surface area contributed by atoms with Gasteiger partial charge in [0.05, 0.1) is 5.69 Å². The van der Waals surface area contributed by atoms with Crippen molar-refractivity contribution in [2.75, 3.05) is 6.54 Å². The molecule has 1 N–H and O–H groups in total. The van der Waals surface area contributed by atoms with Gasteiger partial charge < -0.3 is 4.98 Å². The number of hydrogen-bond acceptors (Lipinski definition) is 5. The lowest BCUT2D eigenvalue weighted by Crippen LogP contribution is -2.63. The van der Waals surface area contributed by atoms with Gasteiger partial charge in [0.25, 0.3) is 11.8 Å². The van der Waals surface area contributed by atoms with Crippen LogP contribution in [0.2, 0.25) is 0 Å². The van der Waals surface area contributed by atoms with Gasteiger partial charge in [-0.1, -0.05) is 41.5 Å². The molecular formula is C22H18N6O4. The summed E-state index contributed by atoms with van der Waals surface area (Å²) in [5.74, 6) is -2.67. The summed E-state index contributed by atoms with van der Waals surface area (Å²) in [6.45, 7) is 0.663. The molecule has 1 aliphatic rings. The van der Waals surface area contributed by atoms with E-state index in [1.165, 1.54) is 19.1 Å². The summed E-state index contributed by atoms with van der Waals surface area (Å²) in [5.41, 5.74) is 10.4. The van der Waals surface area contributed by atoms with Crippen molar-refractivity contribution in [3.63, 3.8) is 0 Å². The molecule has 1 fully saturated rings. The first-order chi connectivity index (χ1) is 15.4. The monoisotopic (exact) mass is 430 g/mol. The van der Waals surface area contributed by atoms with E-state index < -0.39 is 36.2 Å². The first-order valence-electron chi connectivity index (χ1n) is 9.80. The van der Waals surface area contributed by atoms with E-state index in [0.717, 1.165) is 26.3 Å². The number of para-hydroxylation sites is 1. The summed E-state index contributed by atoms with van der Waals surface area (Å²) in [7, 11) is 0. The number of fused-ring (bicyclic) bond motifs is 1. The molecule has 32 heavy (non-hydrogen) atoms. The maximum Gasteiger partial charge on any atom is 0.261 e. The summed E-state index contributed by atoms with van der Waals surface area (Å²) in [4.78, 5) is 59.1. The molecule has 1 aromatic heterocycles. The molecule has 4 rings (SSSR count). The Morgan fingerprint density at radius 3 is 2.62 bits per heavy atom. The number of benzene rings is 2. The van der Waals surface area contributed by atoms with Crippen LogP contribution in [0.4, 0.5) is 5.69 Å². The number of nitrogens with zero attached hydrogens (tertiary/aromatic N) is 5. The third-order valence-corrected chi connectivity index (χ3v) is 5.40. The van der Waals surface area contributed by atoms with E-state index >= 15 is 0 Å². The molecular weight excluding hydrogens is 412 g/mol. The van der Waals surface area contributed by atoms with Gasteiger partial charge in [-0.3, -0.25) is 29.0 Å². The molecule has 2 aromatic carbocycles. The fraction of sp³-hybridized carbons (Fsp3) is 0.182. The van der Waals surface area contributed by atoms with Crippen LogP contribution < -0.4 is 0 Å². The molecule has 0 spiro atoms. The molecule has 0 bridgehead atoms. The second-order valence-corrected chi connectivity index (χ2v) is 7.30. The third-order valence-electron chi connectivity index (χ3n) is 5.40. The van der Waals surface area contributed by atoms with Crippen molar-refractivity contribution < 1.29 is 19.2 Å². The summed E-state index contributed by atoms with van der Waals surface area (Å²) >= 11 is 0. The number of piperazine rings is 1. The standard InChI is InChI=1S/C22H18N6O4/c1-13(29)27-12-20(30)28(21(31)16-7-3-5-9-18(16)25-26-23)19(22(27)32)10-14-11-24-17-8-4-2-6-15(14)17/h2-9,11,19,24H,10,12H2,1H3/t19-/m1/s1. The number of carbonyl (C=O) groups excluding carboxylic acids is 4. The van der Waals surface area contributed by atoms with E-state index in [-0.39, 0.29) is 17.7 Å². The molecule has 0 saturated carbocycles. The van der Waals surface area contributed by atoms with E-state index in [0.29, 0.717) is 0 Å². The van der Waals surface area contributed by atoms with Gasteiger partial charge in [0.2, 0.25) is 11.8 Å². The molecule has 0 aliphatic carbocycles. The minimum Gasteiger partial charge on any atom is -0.361 e. The molecule has 0 unspecified atom stereocenters. The Bertz CT molecular complexity index is 1310. The quantitative estimate of drug-likeness (QED) is 0.294. The minimum atomic E-state index is -1.23. The van der Waals surface area contributed by atoms with Crippen LogP contribution in [-0.4, -0.2) is 51.0 Å². The number of hydrogen-bond donors (Lipinski definition) is 1. The molecule has 0 radical (unpaired) electrons. The number of aromatic amines is 1. The molecule has 4 amide bonds. The summed E-state index contributed by atoms with van der Waals surface area (Å²) in [5, 5.41) is 4.36. The van der Waals surface area contributed by atoms with Gasteiger partial charge in [0.15, 0.2) is 0 Å². The van der Waals surface area contributed by atoms with Crippen LogP contribution in [0.25, 0.3) is 21.3 Å². The Balaban J connectivity index is 1.79. The van der Waals surface area contributed by atoms with E-state index in [2.05, 4.69) is 15.0 Å². The molecule has 10 nitrogen and oxygen atoms in total. The Hall–Kier alpha value is -4.43. The number of carbonyl (C=O) groups is 4. The van der Waals surface area contributed by atoms with Crippen molar-refractivity contribution in [3.8, 4) is 0 Å². The van der Waals surface area contributed by atoms with Crippen molar-refractivity contribution in [3.05, 3.63) is 76.3 Å². The summed E-state index contributed by atoms with van der Waals surface area (Å²) in [6.07, 6.45) is 1.74. The van der Waals surface area contributed by atoms with Gasteiger partial charge in [-0.15, -0.1) is 0 Å². The normalized spacial score (nSPS) is 16.2. The molecule has 10 heteroatoms. The SMILES string of the molecule is CC(=O)N1CC(=O)N(C(=O)c2ccccc2N=[N+]=[N-])[C@H](Cc2c[nH]c3ccccc23)C1=O. The Kier molecular flexibility index (Phi) is 5.44. The predicted molar refractivity (Wildman–Crippen MR) is 115 cm³/mol. The van der Waals surface area contributed by atoms with Gasteiger partial charge >= 0.3 is 0 Å². The average Bonchev–Trinajstić information content (AvgIpc) is 3.19. The maximum atomic E-state index is 13.4. The highest BCUT2D eigenvalue weighted by atomic mass is 16.2. The second-order valence-electron chi connectivity index (χ2n) is 7.30. The largest absolute Gasteiger partial charge is 0.361 e. The van der Waals surface area contributed by atoms with Crippen LogP contribution in [0.15, 0.2) is 59.8 Å². The number of rotatable bonds is 4. The number of imide groups is 2. The van der Waals surface area contributed by atoms with Crippen LogP contribution in [0.5, 0.6) is 0 Å². The zero-order valence-electron chi connectivity index (χ0n) is 17.1. The maximum absolute atomic E-state index is 13.4. The Morgan fingerprint density at radius 1 is 1.16 bits per heavy atom. The molecule has 160 valence electrons. The number of azide groups is 1. The van der Waals surface area contributed by atoms with Crippen molar-refractivity contribution in [2.45, 2.75) is 19.4 Å². The van der Waals surface area contributed by atoms with Crippen molar-refractivity contribution >= 4 is 40.2 Å². The third kappa shape index (κ3) is 3.59. The van der Waals surface area contributed by atoms with E-state index in [9.17, 15) is 19.2 Å². The summed E-state index contributed by atoms with van der Waals surface area (Å²) in [6, 6.07) is 12.2.